The maximum absolute atomic E-state index is 12.9. The second kappa shape index (κ2) is 4.03. The van der Waals surface area contributed by atoms with Crippen molar-refractivity contribution in [1.29, 1.82) is 0 Å². The number of nitrogens with zero attached hydrogens (tertiary/aromatic N) is 3. The van der Waals surface area contributed by atoms with Gasteiger partial charge in [0.25, 0.3) is 0 Å². The van der Waals surface area contributed by atoms with E-state index < -0.39 is 13.1 Å². The number of rotatable bonds is 2. The molecule has 2 N–H and O–H groups in total. The van der Waals surface area contributed by atoms with Gasteiger partial charge >= 0.3 is 7.12 Å². The maximum Gasteiger partial charge on any atom is 0.508 e. The van der Waals surface area contributed by atoms with Gasteiger partial charge in [-0.25, -0.2) is 4.98 Å². The first-order chi connectivity index (χ1) is 7.59. The number of pyridine rings is 1. The summed E-state index contributed by atoms with van der Waals surface area (Å²) < 4.78 is 14.2. The van der Waals surface area contributed by atoms with E-state index in [1.54, 1.807) is 13.1 Å². The van der Waals surface area contributed by atoms with Gasteiger partial charge in [0.15, 0.2) is 0 Å². The quantitative estimate of drug-likeness (QED) is 0.519. The number of aryl methyl sites for hydroxylation is 1. The smallest absolute Gasteiger partial charge is 0.422 e. The molecular weight excluding hydrogens is 212 g/mol. The highest BCUT2D eigenvalue weighted by atomic mass is 19.1. The molecule has 2 heterocycles. The minimum Gasteiger partial charge on any atom is -0.422 e. The Balaban J connectivity index is 2.56. The highest BCUT2D eigenvalue weighted by Gasteiger charge is 2.22. The third-order valence-electron chi connectivity index (χ3n) is 2.22. The first-order valence-electron chi connectivity index (χ1n) is 4.60. The van der Waals surface area contributed by atoms with Crippen molar-refractivity contribution in [3.05, 3.63) is 30.3 Å². The molecule has 2 rings (SSSR count). The third-order valence-corrected chi connectivity index (χ3v) is 2.22. The van der Waals surface area contributed by atoms with Crippen LogP contribution in [-0.4, -0.2) is 31.9 Å². The van der Waals surface area contributed by atoms with Crippen LogP contribution >= 0.6 is 0 Å². The lowest BCUT2D eigenvalue weighted by atomic mass is 9.82. The van der Waals surface area contributed by atoms with Crippen molar-refractivity contribution in [2.75, 3.05) is 0 Å². The number of hydrogen-bond acceptors (Lipinski definition) is 4. The van der Waals surface area contributed by atoms with Crippen LogP contribution in [-0.2, 0) is 7.05 Å². The fourth-order valence-corrected chi connectivity index (χ4v) is 1.51. The van der Waals surface area contributed by atoms with Gasteiger partial charge in [0.05, 0.1) is 17.5 Å². The van der Waals surface area contributed by atoms with Crippen molar-refractivity contribution in [2.24, 2.45) is 7.05 Å². The number of halogens is 1. The van der Waals surface area contributed by atoms with E-state index in [2.05, 4.69) is 10.1 Å². The molecule has 0 saturated carbocycles. The van der Waals surface area contributed by atoms with Gasteiger partial charge in [-0.15, -0.1) is 0 Å². The number of aromatic nitrogens is 3. The summed E-state index contributed by atoms with van der Waals surface area (Å²) in [7, 11) is -0.107. The predicted molar refractivity (Wildman–Crippen MR) is 56.2 cm³/mol. The molecule has 0 aliphatic rings. The summed E-state index contributed by atoms with van der Waals surface area (Å²) in [5.74, 6) is -0.625. The molecule has 5 nitrogen and oxygen atoms in total. The highest BCUT2D eigenvalue weighted by molar-refractivity contribution is 6.59. The Morgan fingerprint density at radius 3 is 2.75 bits per heavy atom. The van der Waals surface area contributed by atoms with E-state index in [9.17, 15) is 14.4 Å². The molecule has 2 aromatic rings. The molecular formula is C9H9BFN3O2. The first-order valence-corrected chi connectivity index (χ1v) is 4.60. The van der Waals surface area contributed by atoms with E-state index in [-0.39, 0.29) is 5.59 Å². The van der Waals surface area contributed by atoms with Gasteiger partial charge in [-0.05, 0) is 12.1 Å². The highest BCUT2D eigenvalue weighted by Crippen LogP contribution is 2.14. The number of hydrogen-bond donors (Lipinski definition) is 2. The SMILES string of the molecule is Cn1ncc(-c2cccc(F)n2)c1B(O)O. The molecule has 2 aromatic heterocycles. The molecule has 0 radical (unpaired) electrons. The molecule has 82 valence electrons. The van der Waals surface area contributed by atoms with Gasteiger partial charge in [0.2, 0.25) is 5.95 Å². The molecule has 0 bridgehead atoms. The second-order valence-electron chi connectivity index (χ2n) is 3.29. The van der Waals surface area contributed by atoms with Gasteiger partial charge in [-0.2, -0.15) is 9.49 Å². The Bertz CT molecular complexity index is 515. The lowest BCUT2D eigenvalue weighted by Gasteiger charge is -2.04. The van der Waals surface area contributed by atoms with Crippen molar-refractivity contribution in [2.45, 2.75) is 0 Å². The summed E-state index contributed by atoms with van der Waals surface area (Å²) in [6.07, 6.45) is 1.41. The van der Waals surface area contributed by atoms with Crippen LogP contribution in [0.4, 0.5) is 4.39 Å². The monoisotopic (exact) mass is 221 g/mol. The molecule has 16 heavy (non-hydrogen) atoms. The molecule has 0 amide bonds. The zero-order chi connectivity index (χ0) is 11.7. The molecule has 0 atom stereocenters. The van der Waals surface area contributed by atoms with E-state index in [1.165, 1.54) is 23.0 Å². The average molecular weight is 221 g/mol. The van der Waals surface area contributed by atoms with Gasteiger partial charge in [0, 0.05) is 12.6 Å². The molecule has 0 fully saturated rings. The van der Waals surface area contributed by atoms with Gasteiger partial charge < -0.3 is 10.0 Å². The fraction of sp³-hybridized carbons (Fsp3) is 0.111. The van der Waals surface area contributed by atoms with Crippen LogP contribution in [0.5, 0.6) is 0 Å². The van der Waals surface area contributed by atoms with E-state index in [0.717, 1.165) is 0 Å². The second-order valence-corrected chi connectivity index (χ2v) is 3.29. The molecule has 0 aromatic carbocycles. The normalized spacial score (nSPS) is 10.5. The van der Waals surface area contributed by atoms with Crippen molar-refractivity contribution >= 4 is 12.7 Å². The Morgan fingerprint density at radius 1 is 1.38 bits per heavy atom. The molecule has 0 saturated heterocycles. The minimum atomic E-state index is -1.67. The van der Waals surface area contributed by atoms with E-state index in [0.29, 0.717) is 11.3 Å². The Kier molecular flexibility index (Phi) is 2.72. The van der Waals surface area contributed by atoms with Gasteiger partial charge in [0.1, 0.15) is 0 Å². The fourth-order valence-electron chi connectivity index (χ4n) is 1.51. The molecule has 0 aliphatic carbocycles. The predicted octanol–water partition coefficient (Wildman–Crippen LogP) is -0.699. The summed E-state index contributed by atoms with van der Waals surface area (Å²) in [4.78, 5) is 3.66. The Labute approximate surface area is 91.3 Å². The van der Waals surface area contributed by atoms with Crippen molar-refractivity contribution in [1.82, 2.24) is 14.8 Å². The Hall–Kier alpha value is -1.73. The average Bonchev–Trinajstić information content (AvgIpc) is 2.60. The summed E-state index contributed by atoms with van der Waals surface area (Å²) in [6.45, 7) is 0. The zero-order valence-electron chi connectivity index (χ0n) is 8.50. The third kappa shape index (κ3) is 1.82. The maximum atomic E-state index is 12.9. The lowest BCUT2D eigenvalue weighted by molar-refractivity contribution is 0.422. The van der Waals surface area contributed by atoms with Crippen LogP contribution in [0, 0.1) is 5.95 Å². The largest absolute Gasteiger partial charge is 0.508 e. The van der Waals surface area contributed by atoms with Crippen molar-refractivity contribution < 1.29 is 14.4 Å². The first kappa shape index (κ1) is 10.8. The van der Waals surface area contributed by atoms with Crippen molar-refractivity contribution in [3.8, 4) is 11.3 Å². The van der Waals surface area contributed by atoms with Crippen LogP contribution in [0.2, 0.25) is 0 Å². The summed E-state index contributed by atoms with van der Waals surface area (Å²) >= 11 is 0. The van der Waals surface area contributed by atoms with E-state index >= 15 is 0 Å². The summed E-state index contributed by atoms with van der Waals surface area (Å²) in [5, 5.41) is 22.2. The summed E-state index contributed by atoms with van der Waals surface area (Å²) in [6, 6.07) is 4.29. The zero-order valence-corrected chi connectivity index (χ0v) is 8.50. The topological polar surface area (TPSA) is 71.2 Å². The molecule has 0 aliphatic heterocycles. The molecule has 0 spiro atoms. The van der Waals surface area contributed by atoms with Crippen LogP contribution in [0.15, 0.2) is 24.4 Å². The van der Waals surface area contributed by atoms with Crippen molar-refractivity contribution in [3.63, 3.8) is 0 Å². The van der Waals surface area contributed by atoms with Gasteiger partial charge in [-0.3, -0.25) is 4.68 Å². The van der Waals surface area contributed by atoms with Crippen LogP contribution in [0.1, 0.15) is 0 Å². The Morgan fingerprint density at radius 2 is 2.12 bits per heavy atom. The van der Waals surface area contributed by atoms with E-state index in [4.69, 9.17) is 0 Å². The van der Waals surface area contributed by atoms with Crippen LogP contribution in [0.3, 0.4) is 0 Å². The molecule has 0 unspecified atom stereocenters. The summed E-state index contributed by atoms with van der Waals surface area (Å²) in [5.41, 5.74) is 0.895. The van der Waals surface area contributed by atoms with Crippen LogP contribution < -0.4 is 5.59 Å². The van der Waals surface area contributed by atoms with Crippen LogP contribution in [0.25, 0.3) is 11.3 Å². The van der Waals surface area contributed by atoms with Gasteiger partial charge in [-0.1, -0.05) is 6.07 Å². The molecule has 7 heteroatoms. The minimum absolute atomic E-state index is 0.179. The van der Waals surface area contributed by atoms with E-state index in [1.807, 2.05) is 0 Å². The standard InChI is InChI=1S/C9H9BFN3O2/c1-14-9(10(15)16)6(5-12-14)7-3-2-4-8(11)13-7/h2-5,15-16H,1H3. The lowest BCUT2D eigenvalue weighted by Crippen LogP contribution is -2.37.